The fraction of sp³-hybridized carbons (Fsp3) is 0.742. The highest BCUT2D eigenvalue weighted by Gasteiger charge is 2.45. The number of amides is 21. The van der Waals surface area contributed by atoms with Crippen LogP contribution in [-0.2, 0) is 110 Å². The van der Waals surface area contributed by atoms with Crippen LogP contribution in [0.2, 0.25) is 0 Å². The number of primary amides is 2. The molecule has 0 radical (unpaired) electrons. The molecule has 2 aliphatic rings. The van der Waals surface area contributed by atoms with Crippen LogP contribution in [0, 0.1) is 35.5 Å². The number of aliphatic hydroxyl groups is 2. The molecule has 0 bridgehead atoms. The molecule has 2 fully saturated rings. The fourth-order valence-corrected chi connectivity index (χ4v) is 15.7. The minimum Gasteiger partial charge on any atom is -0.481 e. The van der Waals surface area contributed by atoms with Gasteiger partial charge in [-0.25, -0.2) is 4.79 Å². The number of carbonyl (C=O) groups excluding carboxylic acids is 21. The maximum absolute atomic E-state index is 14.5. The Balaban J connectivity index is 2.36. The van der Waals surface area contributed by atoms with E-state index in [-0.39, 0.29) is 89.8 Å². The molecule has 0 aromatic heterocycles. The van der Waals surface area contributed by atoms with E-state index < -0.39 is 337 Å². The third-order valence-corrected chi connectivity index (χ3v) is 24.5. The number of carbonyl (C=O) groups is 23. The van der Waals surface area contributed by atoms with E-state index in [4.69, 9.17) is 28.7 Å². The van der Waals surface area contributed by atoms with Gasteiger partial charge in [0.25, 0.3) is 0 Å². The van der Waals surface area contributed by atoms with Crippen molar-refractivity contribution < 1.29 is 131 Å². The lowest BCUT2D eigenvalue weighted by Gasteiger charge is -2.32. The molecule has 0 aliphatic carbocycles. The number of nitrogens with zero attached hydrogens (tertiary/aromatic N) is 2. The average molecular weight is 2060 g/mol. The van der Waals surface area contributed by atoms with Gasteiger partial charge in [0.15, 0.2) is 0 Å². The molecule has 2 aliphatic heterocycles. The number of nitrogens with one attached hydrogen (secondary N) is 17. The van der Waals surface area contributed by atoms with E-state index >= 15 is 0 Å². The number of unbranched alkanes of at least 4 members (excludes halogenated alkanes) is 2. The molecule has 2 heterocycles. The molecule has 2 saturated heterocycles. The van der Waals surface area contributed by atoms with Crippen molar-refractivity contribution in [3.63, 3.8) is 0 Å². The summed E-state index contributed by atoms with van der Waals surface area (Å²) in [4.78, 5) is 317. The summed E-state index contributed by atoms with van der Waals surface area (Å²) >= 11 is 8.42. The lowest BCUT2D eigenvalue weighted by Crippen LogP contribution is -2.62. The van der Waals surface area contributed by atoms with Gasteiger partial charge in [-0.15, -0.1) is 0 Å². The van der Waals surface area contributed by atoms with Crippen molar-refractivity contribution in [2.45, 2.75) is 327 Å². The van der Waals surface area contributed by atoms with Crippen LogP contribution in [0.1, 0.15) is 213 Å². The van der Waals surface area contributed by atoms with Crippen molar-refractivity contribution >= 4 is 161 Å². The van der Waals surface area contributed by atoms with Crippen LogP contribution >= 0.6 is 25.3 Å². The molecule has 21 amide bonds. The summed E-state index contributed by atoms with van der Waals surface area (Å²) in [6.07, 6.45) is -0.697. The summed E-state index contributed by atoms with van der Waals surface area (Å²) in [7, 11) is 0. The lowest BCUT2D eigenvalue weighted by molar-refractivity contribution is -0.144. The average Bonchev–Trinajstić information content (AvgIpc) is 1.67. The van der Waals surface area contributed by atoms with Gasteiger partial charge in [-0.05, 0) is 146 Å². The quantitative estimate of drug-likeness (QED) is 0.0199. The highest BCUT2D eigenvalue weighted by molar-refractivity contribution is 7.80. The first kappa shape index (κ1) is 126. The number of thiol groups is 2. The number of hydrogen-bond acceptors (Lipinski definition) is 30. The fourth-order valence-electron chi connectivity index (χ4n) is 15.2. The van der Waals surface area contributed by atoms with Crippen molar-refractivity contribution in [1.82, 2.24) is 100 Å². The Labute approximate surface area is 837 Å². The van der Waals surface area contributed by atoms with Crippen molar-refractivity contribution in [1.29, 1.82) is 0 Å². The van der Waals surface area contributed by atoms with Gasteiger partial charge in [0.1, 0.15) is 109 Å². The molecular formula is C89H154N24O27S2. The van der Waals surface area contributed by atoms with E-state index in [0.29, 0.717) is 32.2 Å². The van der Waals surface area contributed by atoms with Gasteiger partial charge in [0.2, 0.25) is 124 Å². The summed E-state index contributed by atoms with van der Waals surface area (Å²) < 4.78 is 0. The van der Waals surface area contributed by atoms with Gasteiger partial charge >= 0.3 is 11.9 Å². The predicted octanol–water partition coefficient (Wildman–Crippen LogP) is -8.49. The highest BCUT2D eigenvalue weighted by atomic mass is 32.1. The molecule has 804 valence electrons. The molecule has 0 aromatic rings. The Morgan fingerprint density at radius 2 is 0.718 bits per heavy atom. The molecule has 51 nitrogen and oxygen atoms in total. The number of rotatable bonds is 66. The van der Waals surface area contributed by atoms with Gasteiger partial charge in [-0.3, -0.25) is 105 Å². The zero-order chi connectivity index (χ0) is 108. The molecular weight excluding hydrogens is 1900 g/mol. The van der Waals surface area contributed by atoms with Gasteiger partial charge in [-0.2, -0.15) is 25.3 Å². The van der Waals surface area contributed by atoms with Gasteiger partial charge < -0.3 is 149 Å². The second-order valence-electron chi connectivity index (χ2n) is 37.2. The van der Waals surface area contributed by atoms with Gasteiger partial charge in [0.05, 0.1) is 38.6 Å². The molecule has 0 saturated carbocycles. The minimum absolute atomic E-state index is 0.00956. The van der Waals surface area contributed by atoms with Crippen LogP contribution in [-0.4, -0.2) is 338 Å². The van der Waals surface area contributed by atoms with Crippen LogP contribution in [0.4, 0.5) is 0 Å². The summed E-state index contributed by atoms with van der Waals surface area (Å²) in [5.74, 6) is -27.4. The molecule has 0 unspecified atom stereocenters. The Morgan fingerprint density at radius 1 is 0.366 bits per heavy atom. The molecule has 53 heteroatoms. The molecule has 31 N–H and O–H groups in total. The number of aliphatic hydroxyl groups excluding tert-OH is 2. The number of nitrogens with two attached hydrogens (primary N) is 5. The number of carboxylic acid groups (broad SMARTS) is 2. The number of hydrogen-bond donors (Lipinski definition) is 28. The van der Waals surface area contributed by atoms with Crippen molar-refractivity contribution in [3.8, 4) is 0 Å². The van der Waals surface area contributed by atoms with Crippen LogP contribution in [0.25, 0.3) is 0 Å². The predicted molar refractivity (Wildman–Crippen MR) is 520 cm³/mol. The first-order valence-electron chi connectivity index (χ1n) is 48.0. The zero-order valence-corrected chi connectivity index (χ0v) is 85.2. The molecule has 142 heavy (non-hydrogen) atoms. The van der Waals surface area contributed by atoms with E-state index in [2.05, 4.69) is 116 Å². The number of aliphatic carboxylic acids is 2. The standard InChI is InChI=1S/C89H154N24O27S2/c1-15-46(11)69(85(135)105-58(39-115)89(139)140)108-65(118)37-95-72(122)59(40-141)106-79(129)57(38-114)104-77(127)54(34-43(5)6)102-83(133)67(44(7)8)110-80(130)60(41-142)107-84(134)68(45(9)10)109-74(124)51(24-18-20-30-91)98-78(128)55(36-66(119)120)100-76(126)53(33-42(3)4)101-82(132)61-25-21-31-112(61)87(137)49(14)96-73(123)52(27-28-63(93)116)99-81(131)62-26-22-32-113(62)88(138)56(35-64(94)117)103-86(136)70(47(12)16-2)111-75(125)50(23-17-19-29-90)97-71(121)48(13)92/h42-62,67-70,114-115,141-142H,15-41,90-92H2,1-14H3,(H2,93,116)(H2,94,117)(H,95,122)(H,96,123)(H,97,121)(H,98,128)(H,99,131)(H,100,126)(H,101,132)(H,102,133)(H,103,136)(H,104,127)(H,105,135)(H,106,129)(H,107,134)(H,108,118)(H,109,124)(H,110,130)(H,111,125)(H,119,120)(H,139,140)/t46-,47-,48-,49-,50-,51-,52-,53-,54-,55-,56-,57-,58-,59-,60-,61-,62-,67-,68-,69-,70-/m0/s1. The normalized spacial score (nSPS) is 17.5. The maximum atomic E-state index is 14.5. The second-order valence-corrected chi connectivity index (χ2v) is 38.0. The summed E-state index contributed by atoms with van der Waals surface area (Å²) in [6.45, 7) is 19.6. The van der Waals surface area contributed by atoms with Crippen molar-refractivity contribution in [2.24, 2.45) is 64.2 Å². The van der Waals surface area contributed by atoms with Gasteiger partial charge in [0, 0.05) is 31.0 Å². The summed E-state index contributed by atoms with van der Waals surface area (Å²) in [6, 6.07) is -28.3. The van der Waals surface area contributed by atoms with E-state index in [0.717, 1.165) is 9.80 Å². The Morgan fingerprint density at radius 3 is 1.14 bits per heavy atom. The van der Waals surface area contributed by atoms with Gasteiger partial charge in [-0.1, -0.05) is 95.9 Å². The Bertz CT molecular complexity index is 4320. The summed E-state index contributed by atoms with van der Waals surface area (Å²) in [5, 5.41) is 81.2. The molecule has 0 aromatic carbocycles. The third-order valence-electron chi connectivity index (χ3n) is 23.8. The van der Waals surface area contributed by atoms with Crippen molar-refractivity contribution in [2.75, 3.05) is 57.4 Å². The van der Waals surface area contributed by atoms with Crippen LogP contribution < -0.4 is 119 Å². The van der Waals surface area contributed by atoms with E-state index in [9.17, 15) is 131 Å². The van der Waals surface area contributed by atoms with E-state index in [1.807, 2.05) is 0 Å². The largest absolute Gasteiger partial charge is 0.481 e. The molecule has 21 atom stereocenters. The Hall–Kier alpha value is -11.7. The zero-order valence-electron chi connectivity index (χ0n) is 83.4. The minimum atomic E-state index is -1.96. The van der Waals surface area contributed by atoms with Crippen LogP contribution in [0.3, 0.4) is 0 Å². The van der Waals surface area contributed by atoms with Crippen LogP contribution in [0.15, 0.2) is 0 Å². The SMILES string of the molecule is CC[C@H](C)[C@H](NC(=O)CNC(=O)[C@H](CS)NC(=O)[C@H](CO)NC(=O)[C@H](CC(C)C)NC(=O)[C@@H](NC(=O)[C@H](CS)NC(=O)[C@@H](NC(=O)[C@H](CCCCN)NC(=O)[C@H](CC(=O)O)NC(=O)[C@H](CC(C)C)NC(=O)[C@@H]1CCCN1C(=O)[C@H](C)NC(=O)[C@H](CCC(N)=O)NC(=O)[C@@H]1CCCN1C(=O)[C@H](CC(N)=O)NC(=O)[C@@H](NC(=O)[C@H](CCCCN)NC(=O)[C@H](C)N)[C@@H](C)CC)C(C)C)C(C)C)C(=O)N[C@@H](CO)C(=O)O. The Kier molecular flexibility index (Phi) is 57.0. The second kappa shape index (κ2) is 64.1. The maximum Gasteiger partial charge on any atom is 0.328 e. The molecule has 0 spiro atoms. The smallest absolute Gasteiger partial charge is 0.328 e. The summed E-state index contributed by atoms with van der Waals surface area (Å²) in [5.41, 5.74) is 28.3. The lowest BCUT2D eigenvalue weighted by atomic mass is 9.96. The first-order valence-corrected chi connectivity index (χ1v) is 49.2. The van der Waals surface area contributed by atoms with E-state index in [1.54, 1.807) is 55.4 Å². The number of carboxylic acids is 2. The van der Waals surface area contributed by atoms with Crippen LogP contribution in [0.5, 0.6) is 0 Å². The number of likely N-dealkylation sites (tertiary alicyclic amines) is 2. The van der Waals surface area contributed by atoms with E-state index in [1.165, 1.54) is 41.5 Å². The first-order chi connectivity index (χ1) is 66.6. The third kappa shape index (κ3) is 42.8. The highest BCUT2D eigenvalue weighted by Crippen LogP contribution is 2.24. The monoisotopic (exact) mass is 2060 g/mol. The van der Waals surface area contributed by atoms with Crippen molar-refractivity contribution in [3.05, 3.63) is 0 Å². The topological polar surface area (TPSA) is 815 Å². The molecule has 2 rings (SSSR count).